The zero-order valence-electron chi connectivity index (χ0n) is 10.3. The molecule has 0 aromatic rings. The summed E-state index contributed by atoms with van der Waals surface area (Å²) in [7, 11) is -3.00. The minimum absolute atomic E-state index is 0.207. The van der Waals surface area contributed by atoms with E-state index in [1.54, 1.807) is 4.31 Å². The highest BCUT2D eigenvalue weighted by molar-refractivity contribution is 7.89. The van der Waals surface area contributed by atoms with Gasteiger partial charge in [0, 0.05) is 19.7 Å². The van der Waals surface area contributed by atoms with Gasteiger partial charge in [-0.1, -0.05) is 12.8 Å². The fourth-order valence-electron chi connectivity index (χ4n) is 3.07. The largest absolute Gasteiger partial charge is 0.396 e. The van der Waals surface area contributed by atoms with Crippen molar-refractivity contribution >= 4 is 10.0 Å². The zero-order valence-corrected chi connectivity index (χ0v) is 11.2. The van der Waals surface area contributed by atoms with Crippen LogP contribution in [0.4, 0.5) is 0 Å². The van der Waals surface area contributed by atoms with Gasteiger partial charge >= 0.3 is 0 Å². The summed E-state index contributed by atoms with van der Waals surface area (Å²) in [4.78, 5) is 0. The number of aliphatic hydroxyl groups excluding tert-OH is 1. The zero-order chi connectivity index (χ0) is 12.3. The summed E-state index contributed by atoms with van der Waals surface area (Å²) in [6.07, 6.45) is 6.25. The molecule has 2 atom stereocenters. The molecule has 100 valence electrons. The monoisotopic (exact) mass is 261 g/mol. The second-order valence-corrected chi connectivity index (χ2v) is 7.46. The lowest BCUT2D eigenvalue weighted by Crippen LogP contribution is -2.43. The van der Waals surface area contributed by atoms with Crippen LogP contribution in [0.15, 0.2) is 0 Å². The molecule has 2 fully saturated rings. The van der Waals surface area contributed by atoms with E-state index in [4.69, 9.17) is 0 Å². The van der Waals surface area contributed by atoms with Gasteiger partial charge in [0.25, 0.3) is 0 Å². The molecule has 1 aliphatic carbocycles. The molecular formula is C12H23NO3S. The molecule has 0 radical (unpaired) electrons. The van der Waals surface area contributed by atoms with E-state index in [0.29, 0.717) is 30.7 Å². The van der Waals surface area contributed by atoms with Gasteiger partial charge in [-0.25, -0.2) is 12.7 Å². The van der Waals surface area contributed by atoms with Crippen molar-refractivity contribution in [1.29, 1.82) is 0 Å². The Hall–Kier alpha value is -0.130. The Balaban J connectivity index is 1.98. The molecule has 0 amide bonds. The number of aliphatic hydroxyl groups is 1. The number of sulfonamides is 1. The molecule has 1 saturated carbocycles. The Bertz CT molecular complexity index is 342. The van der Waals surface area contributed by atoms with E-state index in [9.17, 15) is 13.5 Å². The van der Waals surface area contributed by atoms with Crippen LogP contribution in [-0.4, -0.2) is 43.3 Å². The minimum Gasteiger partial charge on any atom is -0.396 e. The standard InChI is InChI=1S/C12H23NO3S/c14-10-12-6-2-1-5-11(12)9-13-7-3-4-8-17(13,15)16/h11-12,14H,1-10H2. The quantitative estimate of drug-likeness (QED) is 0.831. The smallest absolute Gasteiger partial charge is 0.214 e. The Morgan fingerprint density at radius 1 is 1.06 bits per heavy atom. The van der Waals surface area contributed by atoms with Crippen LogP contribution >= 0.6 is 0 Å². The SMILES string of the molecule is O=S1(=O)CCCCN1CC1CCCCC1CO. The van der Waals surface area contributed by atoms with E-state index in [1.807, 2.05) is 0 Å². The molecule has 2 unspecified atom stereocenters. The Kier molecular flexibility index (Phi) is 4.44. The highest BCUT2D eigenvalue weighted by atomic mass is 32.2. The van der Waals surface area contributed by atoms with Gasteiger partial charge in [-0.15, -0.1) is 0 Å². The van der Waals surface area contributed by atoms with E-state index < -0.39 is 10.0 Å². The van der Waals surface area contributed by atoms with Crippen LogP contribution in [-0.2, 0) is 10.0 Å². The van der Waals surface area contributed by atoms with Crippen molar-refractivity contribution in [3.05, 3.63) is 0 Å². The van der Waals surface area contributed by atoms with Crippen molar-refractivity contribution in [3.63, 3.8) is 0 Å². The molecule has 0 bridgehead atoms. The third kappa shape index (κ3) is 3.20. The van der Waals surface area contributed by atoms with E-state index in [1.165, 1.54) is 12.8 Å². The number of nitrogens with zero attached hydrogens (tertiary/aromatic N) is 1. The van der Waals surface area contributed by atoms with Gasteiger partial charge in [0.05, 0.1) is 5.75 Å². The van der Waals surface area contributed by atoms with Gasteiger partial charge in [-0.05, 0) is 37.5 Å². The predicted octanol–water partition coefficient (Wildman–Crippen LogP) is 1.21. The molecule has 4 nitrogen and oxygen atoms in total. The van der Waals surface area contributed by atoms with Gasteiger partial charge in [0.2, 0.25) is 10.0 Å². The van der Waals surface area contributed by atoms with Crippen LogP contribution in [0.3, 0.4) is 0 Å². The van der Waals surface area contributed by atoms with E-state index in [-0.39, 0.29) is 6.61 Å². The van der Waals surface area contributed by atoms with E-state index >= 15 is 0 Å². The molecule has 1 heterocycles. The summed E-state index contributed by atoms with van der Waals surface area (Å²) in [6.45, 7) is 1.52. The lowest BCUT2D eigenvalue weighted by molar-refractivity contribution is 0.118. The van der Waals surface area contributed by atoms with Crippen LogP contribution in [0, 0.1) is 11.8 Å². The molecule has 5 heteroatoms. The fraction of sp³-hybridized carbons (Fsp3) is 1.00. The Morgan fingerprint density at radius 3 is 2.41 bits per heavy atom. The van der Waals surface area contributed by atoms with Crippen molar-refractivity contribution in [2.75, 3.05) is 25.4 Å². The molecule has 0 spiro atoms. The highest BCUT2D eigenvalue weighted by Gasteiger charge is 2.32. The molecule has 0 aromatic carbocycles. The van der Waals surface area contributed by atoms with Crippen LogP contribution < -0.4 is 0 Å². The second-order valence-electron chi connectivity index (χ2n) is 5.37. The van der Waals surface area contributed by atoms with Gasteiger partial charge in [0.15, 0.2) is 0 Å². The van der Waals surface area contributed by atoms with Crippen molar-refractivity contribution in [2.24, 2.45) is 11.8 Å². The minimum atomic E-state index is -3.00. The number of hydrogen-bond donors (Lipinski definition) is 1. The average Bonchev–Trinajstić information content (AvgIpc) is 2.32. The topological polar surface area (TPSA) is 57.6 Å². The van der Waals surface area contributed by atoms with Crippen molar-refractivity contribution in [1.82, 2.24) is 4.31 Å². The van der Waals surface area contributed by atoms with Crippen LogP contribution in [0.5, 0.6) is 0 Å². The van der Waals surface area contributed by atoms with E-state index in [0.717, 1.165) is 25.7 Å². The first-order valence-electron chi connectivity index (χ1n) is 6.72. The third-order valence-electron chi connectivity index (χ3n) is 4.19. The van der Waals surface area contributed by atoms with Gasteiger partial charge in [-0.3, -0.25) is 0 Å². The summed E-state index contributed by atoms with van der Waals surface area (Å²) in [5, 5.41) is 9.35. The first-order chi connectivity index (χ1) is 8.13. The highest BCUT2D eigenvalue weighted by Crippen LogP contribution is 2.31. The Morgan fingerprint density at radius 2 is 1.76 bits per heavy atom. The lowest BCUT2D eigenvalue weighted by atomic mass is 9.79. The summed E-state index contributed by atoms with van der Waals surface area (Å²) in [5.74, 6) is 0.978. The summed E-state index contributed by atoms with van der Waals surface area (Å²) in [6, 6.07) is 0. The summed E-state index contributed by atoms with van der Waals surface area (Å²) in [5.41, 5.74) is 0. The molecule has 0 aromatic heterocycles. The molecule has 1 N–H and O–H groups in total. The summed E-state index contributed by atoms with van der Waals surface area (Å²) < 4.78 is 25.5. The maximum Gasteiger partial charge on any atom is 0.214 e. The number of hydrogen-bond acceptors (Lipinski definition) is 3. The van der Waals surface area contributed by atoms with Crippen LogP contribution in [0.25, 0.3) is 0 Å². The summed E-state index contributed by atoms with van der Waals surface area (Å²) >= 11 is 0. The van der Waals surface area contributed by atoms with Gasteiger partial charge in [0.1, 0.15) is 0 Å². The Labute approximate surface area is 104 Å². The van der Waals surface area contributed by atoms with E-state index in [2.05, 4.69) is 0 Å². The van der Waals surface area contributed by atoms with Gasteiger partial charge in [-0.2, -0.15) is 0 Å². The number of rotatable bonds is 3. The van der Waals surface area contributed by atoms with Gasteiger partial charge < -0.3 is 5.11 Å². The van der Waals surface area contributed by atoms with Crippen LogP contribution in [0.2, 0.25) is 0 Å². The fourth-order valence-corrected chi connectivity index (χ4v) is 4.73. The third-order valence-corrected chi connectivity index (χ3v) is 6.12. The molecule has 1 saturated heterocycles. The van der Waals surface area contributed by atoms with Crippen LogP contribution in [0.1, 0.15) is 38.5 Å². The first-order valence-corrected chi connectivity index (χ1v) is 8.33. The van der Waals surface area contributed by atoms with Crippen molar-refractivity contribution < 1.29 is 13.5 Å². The predicted molar refractivity (Wildman–Crippen MR) is 67.1 cm³/mol. The second kappa shape index (κ2) is 5.67. The van der Waals surface area contributed by atoms with Crippen molar-refractivity contribution in [3.8, 4) is 0 Å². The molecule has 1 aliphatic heterocycles. The normalized spacial score (nSPS) is 34.6. The molecule has 17 heavy (non-hydrogen) atoms. The maximum atomic E-state index is 11.9. The average molecular weight is 261 g/mol. The molecular weight excluding hydrogens is 238 g/mol. The molecule has 2 rings (SSSR count). The van der Waals surface area contributed by atoms with Crippen molar-refractivity contribution in [2.45, 2.75) is 38.5 Å². The first kappa shape index (κ1) is 13.3. The molecule has 2 aliphatic rings. The lowest BCUT2D eigenvalue weighted by Gasteiger charge is -2.35. The maximum absolute atomic E-state index is 11.9.